The Morgan fingerprint density at radius 1 is 1.03 bits per heavy atom. The second-order valence-electron chi connectivity index (χ2n) is 6.68. The van der Waals surface area contributed by atoms with E-state index >= 15 is 0 Å². The Bertz CT molecular complexity index is 1240. The van der Waals surface area contributed by atoms with Crippen LogP contribution in [0.15, 0.2) is 36.5 Å². The first kappa shape index (κ1) is 23.8. The second-order valence-corrected chi connectivity index (χ2v) is 7.09. The molecule has 0 atom stereocenters. The molecule has 0 aliphatic carbocycles. The number of nitrogens with zero attached hydrogens (tertiary/aromatic N) is 1. The molecule has 0 aliphatic rings. The molecule has 0 saturated carbocycles. The monoisotopic (exact) mass is 472 g/mol. The number of halogens is 1. The van der Waals surface area contributed by atoms with Gasteiger partial charge in [0.05, 0.1) is 47.8 Å². The SMILES string of the molecule is CCOC(=O)c1ccc2ncc(C(=O)OCC)c(Nc3cc(OC)c(C(=O)O)cc3Cl)c2c1. The molecule has 0 radical (unpaired) electrons. The standard InChI is InChI=1S/C23H21ClN2O7/c1-4-32-22(29)12-6-7-17-13(8-12)20(15(11-25-17)23(30)33-5-2)26-18-10-19(31-3)14(21(27)28)9-16(18)24/h6-11H,4-5H2,1-3H3,(H,25,26)(H,27,28). The molecule has 0 bridgehead atoms. The lowest BCUT2D eigenvalue weighted by Gasteiger charge is -2.17. The number of hydrogen-bond acceptors (Lipinski definition) is 8. The summed E-state index contributed by atoms with van der Waals surface area (Å²) in [6.07, 6.45) is 1.35. The number of pyridine rings is 1. The van der Waals surface area contributed by atoms with E-state index in [1.807, 2.05) is 0 Å². The molecular weight excluding hydrogens is 452 g/mol. The minimum Gasteiger partial charge on any atom is -0.496 e. The number of rotatable bonds is 8. The number of methoxy groups -OCH3 is 1. The van der Waals surface area contributed by atoms with Crippen LogP contribution < -0.4 is 10.1 Å². The maximum atomic E-state index is 12.6. The van der Waals surface area contributed by atoms with Crippen LogP contribution >= 0.6 is 11.6 Å². The van der Waals surface area contributed by atoms with E-state index in [1.54, 1.807) is 32.0 Å². The van der Waals surface area contributed by atoms with Crippen LogP contribution in [0.4, 0.5) is 11.4 Å². The Hall–Kier alpha value is -3.85. The predicted octanol–water partition coefficient (Wildman–Crippen LogP) is 4.69. The molecule has 1 aromatic heterocycles. The second kappa shape index (κ2) is 10.2. The van der Waals surface area contributed by atoms with E-state index in [0.717, 1.165) is 0 Å². The summed E-state index contributed by atoms with van der Waals surface area (Å²) in [4.78, 5) is 40.7. The molecule has 3 aromatic rings. The Labute approximate surface area is 194 Å². The topological polar surface area (TPSA) is 124 Å². The van der Waals surface area contributed by atoms with Gasteiger partial charge in [0.25, 0.3) is 0 Å². The highest BCUT2D eigenvalue weighted by atomic mass is 35.5. The summed E-state index contributed by atoms with van der Waals surface area (Å²) in [5.41, 5.74) is 1.28. The number of carbonyl (C=O) groups is 3. The molecule has 10 heteroatoms. The molecule has 0 aliphatic heterocycles. The van der Waals surface area contributed by atoms with Crippen LogP contribution in [0.25, 0.3) is 10.9 Å². The fourth-order valence-electron chi connectivity index (χ4n) is 3.15. The molecule has 0 saturated heterocycles. The van der Waals surface area contributed by atoms with Crippen molar-refractivity contribution in [3.8, 4) is 5.75 Å². The van der Waals surface area contributed by atoms with E-state index in [1.165, 1.54) is 25.4 Å². The average Bonchev–Trinajstić information content (AvgIpc) is 2.80. The first-order valence-electron chi connectivity index (χ1n) is 9.95. The molecule has 0 unspecified atom stereocenters. The number of hydrogen-bond donors (Lipinski definition) is 2. The largest absolute Gasteiger partial charge is 0.496 e. The summed E-state index contributed by atoms with van der Waals surface area (Å²) >= 11 is 6.33. The van der Waals surface area contributed by atoms with E-state index in [4.69, 9.17) is 25.8 Å². The lowest BCUT2D eigenvalue weighted by atomic mass is 10.1. The van der Waals surface area contributed by atoms with Crippen LogP contribution in [0.3, 0.4) is 0 Å². The van der Waals surface area contributed by atoms with Gasteiger partial charge in [-0.2, -0.15) is 0 Å². The Morgan fingerprint density at radius 3 is 2.36 bits per heavy atom. The average molecular weight is 473 g/mol. The highest BCUT2D eigenvalue weighted by molar-refractivity contribution is 6.34. The summed E-state index contributed by atoms with van der Waals surface area (Å²) in [5, 5.41) is 12.9. The van der Waals surface area contributed by atoms with Gasteiger partial charge in [0.1, 0.15) is 16.9 Å². The molecular formula is C23H21ClN2O7. The number of fused-ring (bicyclic) bond motifs is 1. The van der Waals surface area contributed by atoms with Crippen molar-refractivity contribution in [2.75, 3.05) is 25.6 Å². The summed E-state index contributed by atoms with van der Waals surface area (Å²) in [6, 6.07) is 7.38. The van der Waals surface area contributed by atoms with Crippen molar-refractivity contribution >= 4 is 51.8 Å². The summed E-state index contributed by atoms with van der Waals surface area (Å²) < 4.78 is 15.4. The van der Waals surface area contributed by atoms with Gasteiger partial charge in [0.15, 0.2) is 0 Å². The molecule has 3 rings (SSSR count). The van der Waals surface area contributed by atoms with Crippen molar-refractivity contribution in [2.24, 2.45) is 0 Å². The number of carbonyl (C=O) groups excluding carboxylic acids is 2. The maximum absolute atomic E-state index is 12.6. The fraction of sp³-hybridized carbons (Fsp3) is 0.217. The van der Waals surface area contributed by atoms with Gasteiger partial charge in [0.2, 0.25) is 0 Å². The van der Waals surface area contributed by atoms with Crippen molar-refractivity contribution in [2.45, 2.75) is 13.8 Å². The van der Waals surface area contributed by atoms with Crippen LogP contribution in [-0.4, -0.2) is 48.3 Å². The Kier molecular flexibility index (Phi) is 7.34. The molecule has 2 aromatic carbocycles. The predicted molar refractivity (Wildman–Crippen MR) is 122 cm³/mol. The van der Waals surface area contributed by atoms with Crippen molar-refractivity contribution in [3.63, 3.8) is 0 Å². The van der Waals surface area contributed by atoms with Crippen LogP contribution in [0.2, 0.25) is 5.02 Å². The number of benzene rings is 2. The van der Waals surface area contributed by atoms with Gasteiger partial charge in [-0.15, -0.1) is 0 Å². The number of anilines is 2. The number of carboxylic acids is 1. The lowest BCUT2D eigenvalue weighted by Crippen LogP contribution is -2.10. The van der Waals surface area contributed by atoms with E-state index in [0.29, 0.717) is 10.9 Å². The molecule has 9 nitrogen and oxygen atoms in total. The first-order valence-corrected chi connectivity index (χ1v) is 10.3. The van der Waals surface area contributed by atoms with E-state index in [2.05, 4.69) is 10.3 Å². The molecule has 0 spiro atoms. The van der Waals surface area contributed by atoms with Gasteiger partial charge < -0.3 is 24.6 Å². The normalized spacial score (nSPS) is 10.5. The molecule has 1 heterocycles. The summed E-state index contributed by atoms with van der Waals surface area (Å²) in [6.45, 7) is 3.71. The third kappa shape index (κ3) is 4.98. The molecule has 172 valence electrons. The first-order chi connectivity index (χ1) is 15.8. The van der Waals surface area contributed by atoms with Crippen LogP contribution in [0.5, 0.6) is 5.75 Å². The van der Waals surface area contributed by atoms with Gasteiger partial charge in [-0.3, -0.25) is 4.98 Å². The fourth-order valence-corrected chi connectivity index (χ4v) is 3.36. The number of aromatic nitrogens is 1. The molecule has 0 fully saturated rings. The lowest BCUT2D eigenvalue weighted by molar-refractivity contribution is 0.0518. The third-order valence-electron chi connectivity index (χ3n) is 4.65. The van der Waals surface area contributed by atoms with Crippen molar-refractivity contribution < 1.29 is 33.7 Å². The van der Waals surface area contributed by atoms with Crippen molar-refractivity contribution in [1.82, 2.24) is 4.98 Å². The van der Waals surface area contributed by atoms with Crippen LogP contribution in [0.1, 0.15) is 44.9 Å². The van der Waals surface area contributed by atoms with E-state index in [-0.39, 0.29) is 52.1 Å². The van der Waals surface area contributed by atoms with Gasteiger partial charge in [-0.25, -0.2) is 14.4 Å². The minimum atomic E-state index is -1.21. The van der Waals surface area contributed by atoms with E-state index in [9.17, 15) is 19.5 Å². The number of esters is 2. The highest BCUT2D eigenvalue weighted by Gasteiger charge is 2.21. The Balaban J connectivity index is 2.23. The quantitative estimate of drug-likeness (QED) is 0.449. The number of carboxylic acid groups (broad SMARTS) is 1. The smallest absolute Gasteiger partial charge is 0.341 e. The number of nitrogens with one attached hydrogen (secondary N) is 1. The molecule has 2 N–H and O–H groups in total. The zero-order chi connectivity index (χ0) is 24.1. The van der Waals surface area contributed by atoms with E-state index < -0.39 is 17.9 Å². The zero-order valence-electron chi connectivity index (χ0n) is 18.1. The van der Waals surface area contributed by atoms with Gasteiger partial charge in [0, 0.05) is 17.6 Å². The van der Waals surface area contributed by atoms with Crippen LogP contribution in [0, 0.1) is 0 Å². The van der Waals surface area contributed by atoms with Gasteiger partial charge in [-0.1, -0.05) is 11.6 Å². The summed E-state index contributed by atoms with van der Waals surface area (Å²) in [7, 11) is 1.33. The van der Waals surface area contributed by atoms with Gasteiger partial charge in [-0.05, 0) is 38.1 Å². The highest BCUT2D eigenvalue weighted by Crippen LogP contribution is 2.36. The zero-order valence-corrected chi connectivity index (χ0v) is 18.9. The number of ether oxygens (including phenoxy) is 3. The molecule has 33 heavy (non-hydrogen) atoms. The van der Waals surface area contributed by atoms with Gasteiger partial charge >= 0.3 is 17.9 Å². The van der Waals surface area contributed by atoms with Crippen LogP contribution in [-0.2, 0) is 9.47 Å². The summed E-state index contributed by atoms with van der Waals surface area (Å²) in [5.74, 6) is -2.31. The van der Waals surface area contributed by atoms with Crippen molar-refractivity contribution in [3.05, 3.63) is 58.2 Å². The Morgan fingerprint density at radius 2 is 1.73 bits per heavy atom. The third-order valence-corrected chi connectivity index (χ3v) is 4.97. The van der Waals surface area contributed by atoms with Crippen molar-refractivity contribution in [1.29, 1.82) is 0 Å². The minimum absolute atomic E-state index is 0.0673. The number of aromatic carboxylic acids is 1. The molecule has 0 amide bonds. The maximum Gasteiger partial charge on any atom is 0.341 e.